The van der Waals surface area contributed by atoms with Gasteiger partial charge in [0.1, 0.15) is 0 Å². The van der Waals surface area contributed by atoms with E-state index in [1.54, 1.807) is 11.3 Å². The van der Waals surface area contributed by atoms with E-state index in [-0.39, 0.29) is 0 Å². The Morgan fingerprint density at radius 3 is 2.68 bits per heavy atom. The van der Waals surface area contributed by atoms with Crippen molar-refractivity contribution in [3.63, 3.8) is 0 Å². The fourth-order valence-corrected chi connectivity index (χ4v) is 4.22. The molecule has 1 atom stereocenters. The molecule has 1 aliphatic rings. The SMILES string of the molecule is Cc1ccc2c(c1)c1c(n2CCc2ccccc2C)CC(C)N(C)C1. The van der Waals surface area contributed by atoms with Gasteiger partial charge in [0, 0.05) is 42.1 Å². The fourth-order valence-electron chi connectivity index (χ4n) is 4.22. The third-order valence-electron chi connectivity index (χ3n) is 5.96. The number of fused-ring (bicyclic) bond motifs is 3. The molecule has 2 heterocycles. The van der Waals surface area contributed by atoms with Crippen LogP contribution in [-0.4, -0.2) is 22.6 Å². The van der Waals surface area contributed by atoms with Gasteiger partial charge >= 0.3 is 0 Å². The number of rotatable bonds is 3. The first-order chi connectivity index (χ1) is 12.0. The smallest absolute Gasteiger partial charge is 0.0486 e. The van der Waals surface area contributed by atoms with E-state index in [0.717, 1.165) is 25.9 Å². The molecule has 0 N–H and O–H groups in total. The molecular formula is C23H28N2. The Kier molecular flexibility index (Phi) is 4.16. The summed E-state index contributed by atoms with van der Waals surface area (Å²) in [7, 11) is 2.25. The Labute approximate surface area is 151 Å². The lowest BCUT2D eigenvalue weighted by atomic mass is 9.99. The van der Waals surface area contributed by atoms with Crippen molar-refractivity contribution in [2.24, 2.45) is 0 Å². The van der Waals surface area contributed by atoms with Crippen molar-refractivity contribution < 1.29 is 0 Å². The number of aryl methyl sites for hydroxylation is 4. The van der Waals surface area contributed by atoms with Gasteiger partial charge in [-0.15, -0.1) is 0 Å². The maximum atomic E-state index is 2.60. The van der Waals surface area contributed by atoms with E-state index >= 15 is 0 Å². The molecule has 130 valence electrons. The minimum absolute atomic E-state index is 0.607. The average Bonchev–Trinajstić information content (AvgIpc) is 2.87. The van der Waals surface area contributed by atoms with Crippen LogP contribution in [0.25, 0.3) is 10.9 Å². The topological polar surface area (TPSA) is 8.17 Å². The molecule has 0 spiro atoms. The summed E-state index contributed by atoms with van der Waals surface area (Å²) < 4.78 is 2.60. The van der Waals surface area contributed by atoms with Crippen LogP contribution in [-0.2, 0) is 25.9 Å². The molecule has 3 aromatic rings. The summed E-state index contributed by atoms with van der Waals surface area (Å²) >= 11 is 0. The van der Waals surface area contributed by atoms with E-state index < -0.39 is 0 Å². The Morgan fingerprint density at radius 2 is 1.88 bits per heavy atom. The van der Waals surface area contributed by atoms with Gasteiger partial charge in [-0.25, -0.2) is 0 Å². The summed E-state index contributed by atoms with van der Waals surface area (Å²) in [5, 5.41) is 1.46. The first-order valence-electron chi connectivity index (χ1n) is 9.40. The van der Waals surface area contributed by atoms with Gasteiger partial charge < -0.3 is 4.57 Å². The highest BCUT2D eigenvalue weighted by Gasteiger charge is 2.26. The van der Waals surface area contributed by atoms with Crippen molar-refractivity contribution in [1.82, 2.24) is 9.47 Å². The fraction of sp³-hybridized carbons (Fsp3) is 0.391. The molecule has 0 saturated heterocycles. The molecule has 0 fully saturated rings. The van der Waals surface area contributed by atoms with Crippen LogP contribution in [0.2, 0.25) is 0 Å². The molecular weight excluding hydrogens is 304 g/mol. The molecule has 0 aliphatic carbocycles. The maximum Gasteiger partial charge on any atom is 0.0486 e. The monoisotopic (exact) mass is 332 g/mol. The highest BCUT2D eigenvalue weighted by atomic mass is 15.1. The number of hydrogen-bond donors (Lipinski definition) is 0. The Balaban J connectivity index is 1.78. The van der Waals surface area contributed by atoms with E-state index in [9.17, 15) is 0 Å². The number of nitrogens with zero attached hydrogens (tertiary/aromatic N) is 2. The average molecular weight is 332 g/mol. The van der Waals surface area contributed by atoms with Crippen LogP contribution in [0.5, 0.6) is 0 Å². The molecule has 1 aromatic heterocycles. The van der Waals surface area contributed by atoms with Crippen LogP contribution in [0.4, 0.5) is 0 Å². The van der Waals surface area contributed by atoms with E-state index in [2.05, 4.69) is 79.8 Å². The van der Waals surface area contributed by atoms with Crippen molar-refractivity contribution in [3.05, 3.63) is 70.4 Å². The third kappa shape index (κ3) is 2.89. The van der Waals surface area contributed by atoms with Gasteiger partial charge in [-0.1, -0.05) is 35.9 Å². The first-order valence-corrected chi connectivity index (χ1v) is 9.40. The molecule has 1 aliphatic heterocycles. The van der Waals surface area contributed by atoms with Gasteiger partial charge in [0.15, 0.2) is 0 Å². The van der Waals surface area contributed by atoms with Gasteiger partial charge in [-0.3, -0.25) is 4.90 Å². The Hall–Kier alpha value is -2.06. The molecule has 0 bridgehead atoms. The lowest BCUT2D eigenvalue weighted by Crippen LogP contribution is -2.35. The summed E-state index contributed by atoms with van der Waals surface area (Å²) in [6, 6.07) is 16.3. The van der Waals surface area contributed by atoms with Crippen LogP contribution in [0.15, 0.2) is 42.5 Å². The maximum absolute atomic E-state index is 2.60. The van der Waals surface area contributed by atoms with Gasteiger partial charge in [0.2, 0.25) is 0 Å². The third-order valence-corrected chi connectivity index (χ3v) is 5.96. The minimum atomic E-state index is 0.607. The normalized spacial score (nSPS) is 17.8. The molecule has 2 heteroatoms. The summed E-state index contributed by atoms with van der Waals surface area (Å²) in [5.74, 6) is 0. The standard InChI is InChI=1S/C23H28N2/c1-16-9-10-22-20(13-16)21-15-24(4)18(3)14-23(21)25(22)12-11-19-8-6-5-7-17(19)2/h5-10,13,18H,11-12,14-15H2,1-4H3. The number of hydrogen-bond acceptors (Lipinski definition) is 1. The van der Waals surface area contributed by atoms with Crippen LogP contribution in [0.1, 0.15) is 34.9 Å². The second-order valence-corrected chi connectivity index (χ2v) is 7.74. The van der Waals surface area contributed by atoms with Crippen molar-refractivity contribution in [1.29, 1.82) is 0 Å². The molecule has 2 aromatic carbocycles. The molecule has 4 rings (SSSR count). The molecule has 0 amide bonds. The van der Waals surface area contributed by atoms with Crippen LogP contribution < -0.4 is 0 Å². The number of aromatic nitrogens is 1. The van der Waals surface area contributed by atoms with Crippen LogP contribution in [0, 0.1) is 13.8 Å². The Morgan fingerprint density at radius 1 is 1.08 bits per heavy atom. The molecule has 0 radical (unpaired) electrons. The van der Waals surface area contributed by atoms with E-state index in [1.165, 1.54) is 27.6 Å². The minimum Gasteiger partial charge on any atom is -0.344 e. The second-order valence-electron chi connectivity index (χ2n) is 7.74. The lowest BCUT2D eigenvalue weighted by molar-refractivity contribution is 0.228. The molecule has 25 heavy (non-hydrogen) atoms. The van der Waals surface area contributed by atoms with Gasteiger partial charge in [-0.2, -0.15) is 0 Å². The predicted molar refractivity (Wildman–Crippen MR) is 106 cm³/mol. The zero-order chi connectivity index (χ0) is 17.6. The highest BCUT2D eigenvalue weighted by Crippen LogP contribution is 2.33. The summed E-state index contributed by atoms with van der Waals surface area (Å²) in [6.07, 6.45) is 2.24. The lowest BCUT2D eigenvalue weighted by Gasteiger charge is -2.31. The molecule has 0 saturated carbocycles. The second kappa shape index (κ2) is 6.34. The van der Waals surface area contributed by atoms with Gasteiger partial charge in [-0.05, 0) is 63.1 Å². The van der Waals surface area contributed by atoms with Crippen LogP contribution in [0.3, 0.4) is 0 Å². The van der Waals surface area contributed by atoms with Crippen molar-refractivity contribution in [2.75, 3.05) is 7.05 Å². The zero-order valence-electron chi connectivity index (χ0n) is 15.8. The first kappa shape index (κ1) is 16.4. The van der Waals surface area contributed by atoms with Crippen molar-refractivity contribution in [3.8, 4) is 0 Å². The summed E-state index contributed by atoms with van der Waals surface area (Å²) in [6.45, 7) is 8.90. The predicted octanol–water partition coefficient (Wildman–Crippen LogP) is 4.88. The van der Waals surface area contributed by atoms with E-state index in [1.807, 2.05) is 0 Å². The Bertz CT molecular complexity index is 919. The number of likely N-dealkylation sites (N-methyl/N-ethyl adjacent to an activating group) is 1. The summed E-state index contributed by atoms with van der Waals surface area (Å²) in [5.41, 5.74) is 8.73. The van der Waals surface area contributed by atoms with E-state index in [4.69, 9.17) is 0 Å². The summed E-state index contributed by atoms with van der Waals surface area (Å²) in [4.78, 5) is 2.48. The van der Waals surface area contributed by atoms with Gasteiger partial charge in [0.05, 0.1) is 0 Å². The quantitative estimate of drug-likeness (QED) is 0.664. The van der Waals surface area contributed by atoms with Gasteiger partial charge in [0.25, 0.3) is 0 Å². The molecule has 2 nitrogen and oxygen atoms in total. The zero-order valence-corrected chi connectivity index (χ0v) is 15.8. The largest absolute Gasteiger partial charge is 0.344 e. The highest BCUT2D eigenvalue weighted by molar-refractivity contribution is 5.86. The van der Waals surface area contributed by atoms with E-state index in [0.29, 0.717) is 6.04 Å². The molecule has 1 unspecified atom stereocenters. The van der Waals surface area contributed by atoms with Crippen molar-refractivity contribution in [2.45, 2.75) is 52.7 Å². The number of benzene rings is 2. The van der Waals surface area contributed by atoms with Crippen LogP contribution >= 0.6 is 0 Å². The van der Waals surface area contributed by atoms with Crippen molar-refractivity contribution >= 4 is 10.9 Å².